The van der Waals surface area contributed by atoms with Crippen molar-refractivity contribution in [3.63, 3.8) is 0 Å². The van der Waals surface area contributed by atoms with Crippen LogP contribution >= 0.6 is 0 Å². The van der Waals surface area contributed by atoms with Crippen LogP contribution in [0, 0.1) is 0 Å². The lowest BCUT2D eigenvalue weighted by Gasteiger charge is -2.20. The van der Waals surface area contributed by atoms with Gasteiger partial charge in [0.2, 0.25) is 0 Å². The van der Waals surface area contributed by atoms with Crippen LogP contribution in [0.15, 0.2) is 146 Å². The standard InChI is InChI=1S/C49H30O7/c1-53-47(50)35-15-5-3-13-33(35)39-25-31-19-17-27-9-7-11-29-21-23-37(43(31)41(27)29)45(39)55-49(52)56-46-38-24-22-30-12-8-10-28-18-20-32(44(38)42(28)30)26-40(46)34-14-4-6-16-36(34)48(51)54-2/h3-26H,1-2H3. The Morgan fingerprint density at radius 1 is 0.375 bits per heavy atom. The smallest absolute Gasteiger partial charge is 0.465 e. The Labute approximate surface area is 319 Å². The number of rotatable bonds is 6. The molecule has 10 rings (SSSR count). The molecular formula is C49H30O7. The van der Waals surface area contributed by atoms with Gasteiger partial charge in [-0.25, -0.2) is 14.4 Å². The van der Waals surface area contributed by atoms with Crippen molar-refractivity contribution in [2.45, 2.75) is 0 Å². The third-order valence-corrected chi connectivity index (χ3v) is 10.8. The van der Waals surface area contributed by atoms with Crippen molar-refractivity contribution in [2.75, 3.05) is 14.2 Å². The molecule has 0 atom stereocenters. The minimum absolute atomic E-state index is 0.228. The zero-order chi connectivity index (χ0) is 38.1. The molecule has 0 aliphatic carbocycles. The lowest BCUT2D eigenvalue weighted by atomic mass is 9.89. The minimum atomic E-state index is -0.997. The highest BCUT2D eigenvalue weighted by Gasteiger charge is 2.27. The van der Waals surface area contributed by atoms with E-state index in [1.807, 2.05) is 72.8 Å². The highest BCUT2D eigenvalue weighted by atomic mass is 16.7. The summed E-state index contributed by atoms with van der Waals surface area (Å²) in [7, 11) is 2.67. The van der Waals surface area contributed by atoms with Gasteiger partial charge in [0, 0.05) is 32.7 Å². The maximum Gasteiger partial charge on any atom is 0.519 e. The summed E-state index contributed by atoms with van der Waals surface area (Å²) in [6.07, 6.45) is -0.997. The van der Waals surface area contributed by atoms with Crippen LogP contribution in [0.2, 0.25) is 0 Å². The first-order chi connectivity index (χ1) is 27.4. The van der Waals surface area contributed by atoms with Gasteiger partial charge in [-0.2, -0.15) is 0 Å². The normalized spacial score (nSPS) is 11.6. The number of carbonyl (C=O) groups is 3. The summed E-state index contributed by atoms with van der Waals surface area (Å²) < 4.78 is 23.2. The van der Waals surface area contributed by atoms with E-state index >= 15 is 0 Å². The SMILES string of the molecule is COC(=O)c1ccccc1-c1cc2ccc3cccc4ccc(c1OC(=O)Oc1c(-c5ccccc5C(=O)OC)cc5ccc6cccc7ccc1c5c67)c2c34. The third-order valence-electron chi connectivity index (χ3n) is 10.8. The van der Waals surface area contributed by atoms with Crippen LogP contribution in [-0.2, 0) is 9.47 Å². The number of esters is 2. The summed E-state index contributed by atoms with van der Waals surface area (Å²) in [6.45, 7) is 0. The fraction of sp³-hybridized carbons (Fsp3) is 0.0408. The van der Waals surface area contributed by atoms with E-state index in [9.17, 15) is 14.4 Å². The molecule has 10 aromatic carbocycles. The minimum Gasteiger partial charge on any atom is -0.465 e. The molecule has 0 aromatic heterocycles. The first kappa shape index (κ1) is 33.1. The van der Waals surface area contributed by atoms with Gasteiger partial charge in [0.1, 0.15) is 11.5 Å². The van der Waals surface area contributed by atoms with Gasteiger partial charge in [0.25, 0.3) is 0 Å². The van der Waals surface area contributed by atoms with Crippen molar-refractivity contribution < 1.29 is 33.3 Å². The van der Waals surface area contributed by atoms with Gasteiger partial charge < -0.3 is 18.9 Å². The third kappa shape index (κ3) is 5.02. The Balaban J connectivity index is 1.21. The van der Waals surface area contributed by atoms with Crippen LogP contribution in [0.5, 0.6) is 11.5 Å². The fourth-order valence-electron chi connectivity index (χ4n) is 8.39. The molecule has 268 valence electrons. The van der Waals surface area contributed by atoms with Gasteiger partial charge >= 0.3 is 18.1 Å². The maximum absolute atomic E-state index is 14.6. The molecule has 0 bridgehead atoms. The van der Waals surface area contributed by atoms with Crippen LogP contribution in [0.4, 0.5) is 4.79 Å². The Morgan fingerprint density at radius 2 is 0.750 bits per heavy atom. The molecule has 0 amide bonds. The van der Waals surface area contributed by atoms with Crippen molar-refractivity contribution >= 4 is 82.7 Å². The molecule has 0 radical (unpaired) electrons. The molecule has 0 aliphatic heterocycles. The number of ether oxygens (including phenoxy) is 4. The highest BCUT2D eigenvalue weighted by molar-refractivity contribution is 6.27. The van der Waals surface area contributed by atoms with E-state index in [0.29, 0.717) is 44.2 Å². The number of hydrogen-bond acceptors (Lipinski definition) is 7. The zero-order valence-corrected chi connectivity index (χ0v) is 30.2. The first-order valence-corrected chi connectivity index (χ1v) is 18.1. The zero-order valence-electron chi connectivity index (χ0n) is 30.2. The van der Waals surface area contributed by atoms with Crippen LogP contribution in [-0.4, -0.2) is 32.3 Å². The predicted molar refractivity (Wildman–Crippen MR) is 220 cm³/mol. The van der Waals surface area contributed by atoms with Crippen molar-refractivity contribution in [1.82, 2.24) is 0 Å². The largest absolute Gasteiger partial charge is 0.519 e. The lowest BCUT2D eigenvalue weighted by molar-refractivity contribution is 0.0592. The average molecular weight is 731 g/mol. The highest BCUT2D eigenvalue weighted by Crippen LogP contribution is 2.48. The second-order valence-electron chi connectivity index (χ2n) is 13.7. The van der Waals surface area contributed by atoms with Gasteiger partial charge in [0.05, 0.1) is 25.3 Å². The maximum atomic E-state index is 14.6. The topological polar surface area (TPSA) is 88.1 Å². The summed E-state index contributed by atoms with van der Waals surface area (Å²) in [5, 5.41) is 11.2. The van der Waals surface area contributed by atoms with Crippen LogP contribution in [0.1, 0.15) is 20.7 Å². The van der Waals surface area contributed by atoms with E-state index in [1.54, 1.807) is 36.4 Å². The molecule has 56 heavy (non-hydrogen) atoms. The van der Waals surface area contributed by atoms with Gasteiger partial charge in [-0.15, -0.1) is 0 Å². The van der Waals surface area contributed by atoms with Crippen molar-refractivity contribution in [3.05, 3.63) is 157 Å². The molecule has 0 aliphatic rings. The summed E-state index contributed by atoms with van der Waals surface area (Å²) in [4.78, 5) is 40.8. The molecule has 7 heteroatoms. The van der Waals surface area contributed by atoms with Crippen LogP contribution in [0.3, 0.4) is 0 Å². The molecule has 10 aromatic rings. The monoisotopic (exact) mass is 730 g/mol. The Morgan fingerprint density at radius 3 is 1.16 bits per heavy atom. The van der Waals surface area contributed by atoms with E-state index < -0.39 is 18.1 Å². The molecule has 0 saturated heterocycles. The summed E-state index contributed by atoms with van der Waals surface area (Å²) >= 11 is 0. The number of methoxy groups -OCH3 is 2. The van der Waals surface area contributed by atoms with Gasteiger partial charge in [-0.3, -0.25) is 0 Å². The number of carbonyl (C=O) groups excluding carboxylic acids is 3. The van der Waals surface area contributed by atoms with Crippen LogP contribution in [0.25, 0.3) is 86.9 Å². The number of benzene rings is 10. The van der Waals surface area contributed by atoms with E-state index in [4.69, 9.17) is 18.9 Å². The van der Waals surface area contributed by atoms with E-state index in [1.165, 1.54) is 14.2 Å². The Bertz CT molecular complexity index is 2990. The molecule has 0 spiro atoms. The Kier molecular flexibility index (Phi) is 7.57. The molecule has 0 fully saturated rings. The Hall–Kier alpha value is -7.51. The van der Waals surface area contributed by atoms with E-state index in [2.05, 4.69) is 36.4 Å². The number of hydrogen-bond donors (Lipinski definition) is 0. The summed E-state index contributed by atoms with van der Waals surface area (Å²) in [5.41, 5.74) is 2.72. The predicted octanol–water partition coefficient (Wildman–Crippen LogP) is 12.0. The molecule has 0 saturated carbocycles. The molecular weight excluding hydrogens is 701 g/mol. The van der Waals surface area contributed by atoms with Crippen molar-refractivity contribution in [1.29, 1.82) is 0 Å². The molecule has 0 unspecified atom stereocenters. The van der Waals surface area contributed by atoms with E-state index in [0.717, 1.165) is 53.9 Å². The fourth-order valence-corrected chi connectivity index (χ4v) is 8.39. The second-order valence-corrected chi connectivity index (χ2v) is 13.7. The first-order valence-electron chi connectivity index (χ1n) is 18.1. The summed E-state index contributed by atoms with van der Waals surface area (Å²) in [6, 6.07) is 46.3. The average Bonchev–Trinajstić information content (AvgIpc) is 3.24. The quantitative estimate of drug-likeness (QED) is 0.0956. The van der Waals surface area contributed by atoms with Gasteiger partial charge in [-0.1, -0.05) is 109 Å². The lowest BCUT2D eigenvalue weighted by Crippen LogP contribution is -2.16. The summed E-state index contributed by atoms with van der Waals surface area (Å²) in [5.74, 6) is -0.596. The molecule has 0 N–H and O–H groups in total. The van der Waals surface area contributed by atoms with Crippen LogP contribution < -0.4 is 9.47 Å². The van der Waals surface area contributed by atoms with Gasteiger partial charge in [-0.05, 0) is 90.6 Å². The molecule has 7 nitrogen and oxygen atoms in total. The van der Waals surface area contributed by atoms with E-state index in [-0.39, 0.29) is 11.5 Å². The molecule has 0 heterocycles. The van der Waals surface area contributed by atoms with Crippen molar-refractivity contribution in [2.24, 2.45) is 0 Å². The second kappa shape index (κ2) is 12.8. The van der Waals surface area contributed by atoms with Crippen molar-refractivity contribution in [3.8, 4) is 33.8 Å². The van der Waals surface area contributed by atoms with Gasteiger partial charge in [0.15, 0.2) is 0 Å².